The summed E-state index contributed by atoms with van der Waals surface area (Å²) in [6.45, 7) is 2.43. The van der Waals surface area contributed by atoms with Gasteiger partial charge in [0.1, 0.15) is 0 Å². The minimum absolute atomic E-state index is 0.0235. The Morgan fingerprint density at radius 1 is 1.35 bits per heavy atom. The van der Waals surface area contributed by atoms with Crippen molar-refractivity contribution < 1.29 is 14.7 Å². The van der Waals surface area contributed by atoms with Crippen molar-refractivity contribution in [3.8, 4) is 0 Å². The van der Waals surface area contributed by atoms with Crippen LogP contribution in [0.4, 0.5) is 10.6 Å². The first-order chi connectivity index (χ1) is 9.54. The van der Waals surface area contributed by atoms with E-state index in [1.54, 1.807) is 28.9 Å². The van der Waals surface area contributed by atoms with Gasteiger partial charge in [-0.15, -0.1) is 0 Å². The van der Waals surface area contributed by atoms with Crippen LogP contribution in [-0.4, -0.2) is 69.4 Å². The number of carbonyl (C=O) groups is 2. The van der Waals surface area contributed by atoms with Crippen molar-refractivity contribution >= 4 is 17.8 Å². The number of carboxylic acid groups (broad SMARTS) is 1. The van der Waals surface area contributed by atoms with Crippen LogP contribution in [0.15, 0.2) is 12.3 Å². The molecule has 2 N–H and O–H groups in total. The van der Waals surface area contributed by atoms with Crippen molar-refractivity contribution in [2.75, 3.05) is 38.0 Å². The van der Waals surface area contributed by atoms with Gasteiger partial charge in [-0.1, -0.05) is 0 Å². The van der Waals surface area contributed by atoms with Crippen LogP contribution in [0.5, 0.6) is 0 Å². The van der Waals surface area contributed by atoms with Crippen molar-refractivity contribution in [3.63, 3.8) is 0 Å². The van der Waals surface area contributed by atoms with Crippen LogP contribution in [0.25, 0.3) is 0 Å². The average Bonchev–Trinajstić information content (AvgIpc) is 2.64. The van der Waals surface area contributed by atoms with Gasteiger partial charge in [0.15, 0.2) is 5.82 Å². The number of aliphatic carboxylic acids is 1. The molecule has 0 saturated carbocycles. The van der Waals surface area contributed by atoms with E-state index in [1.165, 1.54) is 0 Å². The fourth-order valence-corrected chi connectivity index (χ4v) is 2.19. The summed E-state index contributed by atoms with van der Waals surface area (Å²) >= 11 is 0. The van der Waals surface area contributed by atoms with E-state index in [0.717, 1.165) is 6.42 Å². The SMILES string of the molecule is Cn1ccc(NC(=O)N2CCCN(CC(=O)O)CC2)n1. The van der Waals surface area contributed by atoms with Crippen molar-refractivity contribution in [2.45, 2.75) is 6.42 Å². The maximum absolute atomic E-state index is 12.1. The lowest BCUT2D eigenvalue weighted by atomic mass is 10.4. The molecule has 2 amide bonds. The summed E-state index contributed by atoms with van der Waals surface area (Å²) in [7, 11) is 1.78. The maximum Gasteiger partial charge on any atom is 0.323 e. The van der Waals surface area contributed by atoms with Gasteiger partial charge < -0.3 is 10.0 Å². The lowest BCUT2D eigenvalue weighted by Crippen LogP contribution is -2.39. The Hall–Kier alpha value is -2.09. The van der Waals surface area contributed by atoms with Crippen molar-refractivity contribution in [1.29, 1.82) is 0 Å². The quantitative estimate of drug-likeness (QED) is 0.816. The largest absolute Gasteiger partial charge is 0.480 e. The number of anilines is 1. The molecule has 110 valence electrons. The predicted octanol–water partition coefficient (Wildman–Crippen LogP) is 0.0443. The molecule has 1 fully saturated rings. The van der Waals surface area contributed by atoms with E-state index in [1.807, 2.05) is 4.90 Å². The number of rotatable bonds is 3. The number of carbonyl (C=O) groups excluding carboxylic acids is 1. The monoisotopic (exact) mass is 281 g/mol. The molecular formula is C12H19N5O3. The standard InChI is InChI=1S/C12H19N5O3/c1-15-6-3-10(14-15)13-12(20)17-5-2-4-16(7-8-17)9-11(18)19/h3,6H,2,4-5,7-9H2,1H3,(H,18,19)(H,13,14,20). The van der Waals surface area contributed by atoms with Gasteiger partial charge in [0.2, 0.25) is 0 Å². The molecule has 8 heteroatoms. The summed E-state index contributed by atoms with van der Waals surface area (Å²) in [5, 5.41) is 15.6. The van der Waals surface area contributed by atoms with E-state index in [0.29, 0.717) is 32.0 Å². The fraction of sp³-hybridized carbons (Fsp3) is 0.583. The fourth-order valence-electron chi connectivity index (χ4n) is 2.19. The lowest BCUT2D eigenvalue weighted by molar-refractivity contribution is -0.138. The summed E-state index contributed by atoms with van der Waals surface area (Å²) in [5.74, 6) is -0.319. The molecule has 20 heavy (non-hydrogen) atoms. The molecule has 0 aliphatic carbocycles. The van der Waals surface area contributed by atoms with E-state index in [9.17, 15) is 9.59 Å². The van der Waals surface area contributed by atoms with E-state index in [-0.39, 0.29) is 12.6 Å². The highest BCUT2D eigenvalue weighted by molar-refractivity contribution is 5.88. The maximum atomic E-state index is 12.1. The number of nitrogens with one attached hydrogen (secondary N) is 1. The third-order valence-corrected chi connectivity index (χ3v) is 3.18. The molecular weight excluding hydrogens is 262 g/mol. The third kappa shape index (κ3) is 3.95. The Balaban J connectivity index is 1.86. The Kier molecular flexibility index (Phi) is 4.57. The van der Waals surface area contributed by atoms with E-state index in [2.05, 4.69) is 10.4 Å². The summed E-state index contributed by atoms with van der Waals surface area (Å²) in [5.41, 5.74) is 0. The Bertz CT molecular complexity index is 487. The van der Waals surface area contributed by atoms with Gasteiger partial charge in [0.05, 0.1) is 6.54 Å². The van der Waals surface area contributed by atoms with Crippen molar-refractivity contribution in [3.05, 3.63) is 12.3 Å². The van der Waals surface area contributed by atoms with Gasteiger partial charge >= 0.3 is 12.0 Å². The second-order valence-corrected chi connectivity index (χ2v) is 4.82. The second kappa shape index (κ2) is 6.38. The van der Waals surface area contributed by atoms with Gasteiger partial charge in [-0.25, -0.2) is 4.79 Å². The van der Waals surface area contributed by atoms with Gasteiger partial charge in [0, 0.05) is 45.5 Å². The van der Waals surface area contributed by atoms with Gasteiger partial charge in [-0.05, 0) is 6.42 Å². The molecule has 1 aromatic heterocycles. The van der Waals surface area contributed by atoms with Crippen LogP contribution in [0.2, 0.25) is 0 Å². The third-order valence-electron chi connectivity index (χ3n) is 3.18. The van der Waals surface area contributed by atoms with Crippen molar-refractivity contribution in [2.24, 2.45) is 7.05 Å². The molecule has 1 aliphatic heterocycles. The average molecular weight is 281 g/mol. The highest BCUT2D eigenvalue weighted by Gasteiger charge is 2.20. The van der Waals surface area contributed by atoms with Crippen LogP contribution < -0.4 is 5.32 Å². The molecule has 2 heterocycles. The van der Waals surface area contributed by atoms with Gasteiger partial charge in [0.25, 0.3) is 0 Å². The first kappa shape index (κ1) is 14.3. The number of amides is 2. The Morgan fingerprint density at radius 2 is 2.15 bits per heavy atom. The number of carboxylic acids is 1. The summed E-state index contributed by atoms with van der Waals surface area (Å²) in [6.07, 6.45) is 2.52. The van der Waals surface area contributed by atoms with Crippen LogP contribution in [0.1, 0.15) is 6.42 Å². The number of hydrogen-bond donors (Lipinski definition) is 2. The number of aromatic nitrogens is 2. The summed E-state index contributed by atoms with van der Waals surface area (Å²) in [4.78, 5) is 26.3. The molecule has 1 aromatic rings. The number of nitrogens with zero attached hydrogens (tertiary/aromatic N) is 4. The minimum Gasteiger partial charge on any atom is -0.480 e. The van der Waals surface area contributed by atoms with Crippen LogP contribution >= 0.6 is 0 Å². The molecule has 1 saturated heterocycles. The molecule has 0 aromatic carbocycles. The molecule has 0 spiro atoms. The summed E-state index contributed by atoms with van der Waals surface area (Å²) in [6, 6.07) is 1.53. The van der Waals surface area contributed by atoms with E-state index < -0.39 is 5.97 Å². The second-order valence-electron chi connectivity index (χ2n) is 4.82. The van der Waals surface area contributed by atoms with Crippen LogP contribution in [0.3, 0.4) is 0 Å². The molecule has 0 bridgehead atoms. The van der Waals surface area contributed by atoms with E-state index >= 15 is 0 Å². The lowest BCUT2D eigenvalue weighted by Gasteiger charge is -2.20. The predicted molar refractivity (Wildman–Crippen MR) is 72.5 cm³/mol. The normalized spacial score (nSPS) is 16.8. The zero-order valence-electron chi connectivity index (χ0n) is 11.4. The smallest absolute Gasteiger partial charge is 0.323 e. The van der Waals surface area contributed by atoms with Gasteiger partial charge in [-0.2, -0.15) is 5.10 Å². The number of aryl methyl sites for hydroxylation is 1. The molecule has 0 atom stereocenters. The molecule has 8 nitrogen and oxygen atoms in total. The zero-order chi connectivity index (χ0) is 14.5. The van der Waals surface area contributed by atoms with Crippen LogP contribution in [-0.2, 0) is 11.8 Å². The van der Waals surface area contributed by atoms with Crippen LogP contribution in [0, 0.1) is 0 Å². The highest BCUT2D eigenvalue weighted by Crippen LogP contribution is 2.07. The molecule has 0 radical (unpaired) electrons. The Morgan fingerprint density at radius 3 is 2.80 bits per heavy atom. The molecule has 0 unspecified atom stereocenters. The van der Waals surface area contributed by atoms with Gasteiger partial charge in [-0.3, -0.25) is 19.7 Å². The van der Waals surface area contributed by atoms with Crippen molar-refractivity contribution in [1.82, 2.24) is 19.6 Å². The highest BCUT2D eigenvalue weighted by atomic mass is 16.4. The first-order valence-corrected chi connectivity index (χ1v) is 6.54. The first-order valence-electron chi connectivity index (χ1n) is 6.54. The number of hydrogen-bond acceptors (Lipinski definition) is 4. The summed E-state index contributed by atoms with van der Waals surface area (Å²) < 4.78 is 1.62. The van der Waals surface area contributed by atoms with E-state index in [4.69, 9.17) is 5.11 Å². The molecule has 2 rings (SSSR count). The minimum atomic E-state index is -0.837. The molecule has 1 aliphatic rings. The zero-order valence-corrected chi connectivity index (χ0v) is 11.4. The number of urea groups is 1. The Labute approximate surface area is 117 Å². The topological polar surface area (TPSA) is 90.7 Å².